The maximum absolute atomic E-state index is 12.8. The zero-order valence-corrected chi connectivity index (χ0v) is 16.9. The molecule has 146 valence electrons. The molecule has 1 heterocycles. The average molecular weight is 401 g/mol. The normalized spacial score (nSPS) is 22.7. The molecule has 7 heteroatoms. The van der Waals surface area contributed by atoms with E-state index in [1.807, 2.05) is 6.92 Å². The third-order valence-electron chi connectivity index (χ3n) is 5.21. The highest BCUT2D eigenvalue weighted by Crippen LogP contribution is 2.53. The van der Waals surface area contributed by atoms with Crippen LogP contribution >= 0.6 is 10.3 Å². The number of hydrogen-bond acceptors (Lipinski definition) is 5. The first kappa shape index (κ1) is 19.9. The Balaban J connectivity index is 1.78. The van der Waals surface area contributed by atoms with Gasteiger partial charge in [0.2, 0.25) is 0 Å². The number of hydrogen-bond donors (Lipinski definition) is 0. The molecule has 26 heavy (non-hydrogen) atoms. The molecule has 0 amide bonds. The topological polar surface area (TPSA) is 69.7 Å². The number of ether oxygens (including phenoxy) is 1. The van der Waals surface area contributed by atoms with Crippen LogP contribution in [0.4, 0.5) is 0 Å². The monoisotopic (exact) mass is 400 g/mol. The SMILES string of the molecule is Cc1ccc(S(=O)(=O)OS2(CC(=O)C3CCCCC3)CCOCC2)cc1. The second kappa shape index (κ2) is 8.42. The summed E-state index contributed by atoms with van der Waals surface area (Å²) in [6.45, 7) is 2.82. The fraction of sp³-hybridized carbons (Fsp3) is 0.632. The summed E-state index contributed by atoms with van der Waals surface area (Å²) in [5.41, 5.74) is 0.990. The molecule has 1 saturated carbocycles. The Labute approximate surface area is 158 Å². The molecule has 0 bridgehead atoms. The molecule has 3 rings (SSSR count). The van der Waals surface area contributed by atoms with Gasteiger partial charge < -0.3 is 4.74 Å². The van der Waals surface area contributed by atoms with Gasteiger partial charge in [-0.2, -0.15) is 8.42 Å². The van der Waals surface area contributed by atoms with Gasteiger partial charge in [0, 0.05) is 17.4 Å². The number of benzene rings is 1. The van der Waals surface area contributed by atoms with Gasteiger partial charge >= 0.3 is 10.1 Å². The predicted molar refractivity (Wildman–Crippen MR) is 104 cm³/mol. The van der Waals surface area contributed by atoms with E-state index in [1.54, 1.807) is 24.3 Å². The fourth-order valence-corrected chi connectivity index (χ4v) is 8.73. The van der Waals surface area contributed by atoms with Crippen molar-refractivity contribution in [1.82, 2.24) is 0 Å². The van der Waals surface area contributed by atoms with E-state index >= 15 is 0 Å². The number of rotatable bonds is 6. The summed E-state index contributed by atoms with van der Waals surface area (Å²) in [5.74, 6) is 1.52. The number of Topliss-reactive ketones (excluding diaryl/α,β-unsaturated/α-hetero) is 1. The van der Waals surface area contributed by atoms with E-state index in [1.165, 1.54) is 6.42 Å². The van der Waals surface area contributed by atoms with Crippen LogP contribution in [0.1, 0.15) is 37.7 Å². The molecule has 1 aromatic carbocycles. The molecule has 1 aliphatic heterocycles. The van der Waals surface area contributed by atoms with Crippen LogP contribution < -0.4 is 0 Å². The van der Waals surface area contributed by atoms with Crippen molar-refractivity contribution in [3.63, 3.8) is 0 Å². The second-order valence-electron chi connectivity index (χ2n) is 7.27. The van der Waals surface area contributed by atoms with Gasteiger partial charge in [0.1, 0.15) is 5.78 Å². The number of carbonyl (C=O) groups is 1. The molecule has 1 aliphatic carbocycles. The Bertz CT molecular complexity index is 715. The van der Waals surface area contributed by atoms with Crippen molar-refractivity contribution in [2.75, 3.05) is 30.5 Å². The van der Waals surface area contributed by atoms with Crippen LogP contribution in [0.3, 0.4) is 0 Å². The van der Waals surface area contributed by atoms with E-state index in [-0.39, 0.29) is 22.3 Å². The molecule has 0 atom stereocenters. The van der Waals surface area contributed by atoms with Gasteiger partial charge in [-0.1, -0.05) is 37.0 Å². The molecule has 0 radical (unpaired) electrons. The minimum atomic E-state index is -3.88. The lowest BCUT2D eigenvalue weighted by Gasteiger charge is -2.41. The van der Waals surface area contributed by atoms with E-state index in [4.69, 9.17) is 8.37 Å². The third-order valence-corrected chi connectivity index (χ3v) is 10.6. The van der Waals surface area contributed by atoms with Gasteiger partial charge in [-0.05, 0) is 31.9 Å². The molecular formula is C19H28O5S2. The zero-order chi connectivity index (χ0) is 18.6. The molecule has 0 aromatic heterocycles. The van der Waals surface area contributed by atoms with Crippen LogP contribution in [-0.2, 0) is 23.3 Å². The maximum atomic E-state index is 12.8. The Morgan fingerprint density at radius 2 is 1.73 bits per heavy atom. The van der Waals surface area contributed by atoms with E-state index in [2.05, 4.69) is 0 Å². The minimum Gasteiger partial charge on any atom is -0.380 e. The number of carbonyl (C=O) groups excluding carboxylic acids is 1. The van der Waals surface area contributed by atoms with Crippen LogP contribution in [0.25, 0.3) is 0 Å². The zero-order valence-electron chi connectivity index (χ0n) is 15.3. The van der Waals surface area contributed by atoms with Crippen LogP contribution in [0.2, 0.25) is 0 Å². The van der Waals surface area contributed by atoms with Crippen molar-refractivity contribution in [3.8, 4) is 0 Å². The predicted octanol–water partition coefficient (Wildman–Crippen LogP) is 3.60. The summed E-state index contributed by atoms with van der Waals surface area (Å²) >= 11 is 0. The van der Waals surface area contributed by atoms with E-state index in [9.17, 15) is 13.2 Å². The Morgan fingerprint density at radius 1 is 1.12 bits per heavy atom. The van der Waals surface area contributed by atoms with Crippen molar-refractivity contribution < 1.29 is 21.6 Å². The van der Waals surface area contributed by atoms with Gasteiger partial charge in [0.15, 0.2) is 0 Å². The lowest BCUT2D eigenvalue weighted by Crippen LogP contribution is -2.34. The summed E-state index contributed by atoms with van der Waals surface area (Å²) in [7, 11) is -5.91. The van der Waals surface area contributed by atoms with Crippen molar-refractivity contribution in [1.29, 1.82) is 0 Å². The Morgan fingerprint density at radius 3 is 2.35 bits per heavy atom. The van der Waals surface area contributed by atoms with E-state index < -0.39 is 20.4 Å². The van der Waals surface area contributed by atoms with Gasteiger partial charge in [-0.25, -0.2) is 3.63 Å². The highest BCUT2D eigenvalue weighted by Gasteiger charge is 2.38. The van der Waals surface area contributed by atoms with Gasteiger partial charge in [0.25, 0.3) is 0 Å². The highest BCUT2D eigenvalue weighted by atomic mass is 32.3. The fourth-order valence-electron chi connectivity index (χ4n) is 3.60. The lowest BCUT2D eigenvalue weighted by atomic mass is 9.87. The Kier molecular flexibility index (Phi) is 6.43. The van der Waals surface area contributed by atoms with Crippen LogP contribution in [0.15, 0.2) is 29.2 Å². The van der Waals surface area contributed by atoms with Crippen LogP contribution in [0.5, 0.6) is 0 Å². The third kappa shape index (κ3) is 4.88. The molecule has 1 aromatic rings. The van der Waals surface area contributed by atoms with Crippen LogP contribution in [0, 0.1) is 12.8 Å². The first-order chi connectivity index (χ1) is 12.4. The average Bonchev–Trinajstić information content (AvgIpc) is 2.63. The summed E-state index contributed by atoms with van der Waals surface area (Å²) in [6.07, 6.45) is 5.22. The Hall–Kier alpha value is -0.890. The lowest BCUT2D eigenvalue weighted by molar-refractivity contribution is -0.121. The molecule has 5 nitrogen and oxygen atoms in total. The van der Waals surface area contributed by atoms with Gasteiger partial charge in [0.05, 0.1) is 23.9 Å². The van der Waals surface area contributed by atoms with Crippen molar-refractivity contribution in [2.24, 2.45) is 5.92 Å². The van der Waals surface area contributed by atoms with Crippen molar-refractivity contribution in [3.05, 3.63) is 29.8 Å². The maximum Gasteiger partial charge on any atom is 0.306 e. The molecule has 2 aliphatic rings. The first-order valence-electron chi connectivity index (χ1n) is 9.30. The van der Waals surface area contributed by atoms with Crippen molar-refractivity contribution in [2.45, 2.75) is 43.9 Å². The van der Waals surface area contributed by atoms with E-state index in [0.29, 0.717) is 24.7 Å². The summed E-state index contributed by atoms with van der Waals surface area (Å²) in [4.78, 5) is 13.0. The molecule has 1 saturated heterocycles. The number of aryl methyl sites for hydroxylation is 1. The minimum absolute atomic E-state index is 0.0710. The van der Waals surface area contributed by atoms with Crippen LogP contribution in [-0.4, -0.2) is 44.7 Å². The molecule has 0 N–H and O–H groups in total. The summed E-state index contributed by atoms with van der Waals surface area (Å²) in [5, 5.41) is 0. The standard InChI is InChI=1S/C19H28O5S2/c1-16-7-9-18(10-8-16)26(21,22)24-25(13-11-23-12-14-25)15-19(20)17-5-3-2-4-6-17/h7-10,17H,2-6,11-15H2,1H3. The number of ketones is 1. The van der Waals surface area contributed by atoms with Gasteiger partial charge in [-0.3, -0.25) is 4.79 Å². The first-order valence-corrected chi connectivity index (χ1v) is 12.8. The molecule has 0 unspecified atom stereocenters. The van der Waals surface area contributed by atoms with Gasteiger partial charge in [-0.15, -0.1) is 10.3 Å². The summed E-state index contributed by atoms with van der Waals surface area (Å²) in [6, 6.07) is 6.66. The van der Waals surface area contributed by atoms with E-state index in [0.717, 1.165) is 31.2 Å². The smallest absolute Gasteiger partial charge is 0.306 e. The molecule has 2 fully saturated rings. The quantitative estimate of drug-likeness (QED) is 0.730. The van der Waals surface area contributed by atoms with Crippen molar-refractivity contribution >= 4 is 26.2 Å². The largest absolute Gasteiger partial charge is 0.380 e. The summed E-state index contributed by atoms with van der Waals surface area (Å²) < 4.78 is 36.9. The highest BCUT2D eigenvalue weighted by molar-refractivity contribution is 8.33. The second-order valence-corrected chi connectivity index (χ2v) is 12.2. The molecule has 0 spiro atoms. The molecular weight excluding hydrogens is 372 g/mol.